The highest BCUT2D eigenvalue weighted by molar-refractivity contribution is 5.24. The van der Waals surface area contributed by atoms with Crippen LogP contribution in [-0.2, 0) is 0 Å². The van der Waals surface area contributed by atoms with Crippen molar-refractivity contribution in [2.75, 3.05) is 0 Å². The zero-order valence-electron chi connectivity index (χ0n) is 13.6. The third-order valence-corrected chi connectivity index (χ3v) is 6.96. The Labute approximate surface area is 130 Å². The van der Waals surface area contributed by atoms with Crippen LogP contribution in [0.1, 0.15) is 64.7 Å². The quantitative estimate of drug-likeness (QED) is 0.765. The van der Waals surface area contributed by atoms with Crippen molar-refractivity contribution in [2.45, 2.75) is 76.8 Å². The van der Waals surface area contributed by atoms with Crippen LogP contribution >= 0.6 is 0 Å². The van der Waals surface area contributed by atoms with Gasteiger partial charge >= 0.3 is 0 Å². The summed E-state index contributed by atoms with van der Waals surface area (Å²) in [6.07, 6.45) is 20.3. The Kier molecular flexibility index (Phi) is 3.96. The van der Waals surface area contributed by atoms with E-state index in [1.807, 2.05) is 0 Å². The molecule has 6 unspecified atom stereocenters. The van der Waals surface area contributed by atoms with Crippen molar-refractivity contribution < 1.29 is 0 Å². The van der Waals surface area contributed by atoms with Crippen LogP contribution in [0.2, 0.25) is 0 Å². The van der Waals surface area contributed by atoms with Crippen molar-refractivity contribution in [1.29, 1.82) is 0 Å². The minimum atomic E-state index is 0.837. The summed E-state index contributed by atoms with van der Waals surface area (Å²) >= 11 is 0. The molecule has 1 nitrogen and oxygen atoms in total. The number of allylic oxidation sites excluding steroid dienone is 4. The first kappa shape index (κ1) is 14.1. The smallest absolute Gasteiger partial charge is 0.0101 e. The maximum atomic E-state index is 4.00. The summed E-state index contributed by atoms with van der Waals surface area (Å²) in [6, 6.07) is 1.74. The molecule has 1 heterocycles. The van der Waals surface area contributed by atoms with Crippen molar-refractivity contribution in [2.24, 2.45) is 23.7 Å². The molecule has 4 aliphatic rings. The zero-order valence-corrected chi connectivity index (χ0v) is 13.6. The lowest BCUT2D eigenvalue weighted by Gasteiger charge is -2.38. The summed E-state index contributed by atoms with van der Waals surface area (Å²) < 4.78 is 0. The van der Waals surface area contributed by atoms with Gasteiger partial charge in [0.05, 0.1) is 0 Å². The molecule has 0 radical (unpaired) electrons. The van der Waals surface area contributed by atoms with Gasteiger partial charge in [-0.1, -0.05) is 43.6 Å². The molecule has 21 heavy (non-hydrogen) atoms. The van der Waals surface area contributed by atoms with Crippen LogP contribution in [0.15, 0.2) is 23.8 Å². The molecule has 1 N–H and O–H groups in total. The van der Waals surface area contributed by atoms with Crippen molar-refractivity contribution >= 4 is 0 Å². The summed E-state index contributed by atoms with van der Waals surface area (Å²) in [4.78, 5) is 0. The second-order valence-corrected chi connectivity index (χ2v) is 7.96. The molecule has 6 atom stereocenters. The lowest BCUT2D eigenvalue weighted by atomic mass is 9.66. The average molecular weight is 285 g/mol. The Morgan fingerprint density at radius 2 is 1.90 bits per heavy atom. The highest BCUT2D eigenvalue weighted by Crippen LogP contribution is 2.47. The molecule has 3 aliphatic carbocycles. The maximum Gasteiger partial charge on any atom is 0.0101 e. The Balaban J connectivity index is 1.42. The molecule has 1 aliphatic heterocycles. The molecular formula is C20H31N. The lowest BCUT2D eigenvalue weighted by Crippen LogP contribution is -2.36. The van der Waals surface area contributed by atoms with Gasteiger partial charge in [0.2, 0.25) is 0 Å². The SMILES string of the molecule is CCC1=CCC(C2CCC3NC4CCCCC4C3C2)C=C1. The summed E-state index contributed by atoms with van der Waals surface area (Å²) in [5.41, 5.74) is 1.55. The van der Waals surface area contributed by atoms with Crippen molar-refractivity contribution in [3.8, 4) is 0 Å². The molecule has 0 aromatic rings. The molecule has 116 valence electrons. The largest absolute Gasteiger partial charge is 0.311 e. The normalized spacial score (nSPS) is 45.9. The standard InChI is InChI=1S/C20H31N/c1-2-14-7-9-15(10-8-14)16-11-12-20-18(13-16)17-5-3-4-6-19(17)21-20/h7-9,15-21H,2-6,10-13H2,1H3. The third kappa shape index (κ3) is 2.63. The maximum absolute atomic E-state index is 4.00. The Hall–Kier alpha value is -0.560. The van der Waals surface area contributed by atoms with Crippen LogP contribution in [0, 0.1) is 23.7 Å². The molecule has 4 rings (SSSR count). The first-order valence-electron chi connectivity index (χ1n) is 9.48. The highest BCUT2D eigenvalue weighted by Gasteiger charge is 2.46. The number of fused-ring (bicyclic) bond motifs is 3. The predicted octanol–water partition coefficient (Wildman–Crippen LogP) is 4.85. The van der Waals surface area contributed by atoms with Crippen LogP contribution in [-0.4, -0.2) is 12.1 Å². The Bertz CT molecular complexity index is 435. The van der Waals surface area contributed by atoms with E-state index in [2.05, 4.69) is 30.5 Å². The van der Waals surface area contributed by atoms with Crippen molar-refractivity contribution in [1.82, 2.24) is 5.32 Å². The first-order chi connectivity index (χ1) is 10.3. The Morgan fingerprint density at radius 3 is 2.71 bits per heavy atom. The zero-order chi connectivity index (χ0) is 14.2. The number of nitrogens with one attached hydrogen (secondary N) is 1. The van der Waals surface area contributed by atoms with E-state index in [0.29, 0.717) is 0 Å². The molecule has 2 saturated carbocycles. The topological polar surface area (TPSA) is 12.0 Å². The fourth-order valence-corrected chi connectivity index (χ4v) is 5.76. The van der Waals surface area contributed by atoms with Crippen LogP contribution < -0.4 is 5.32 Å². The molecule has 3 fully saturated rings. The van der Waals surface area contributed by atoms with Gasteiger partial charge in [-0.3, -0.25) is 0 Å². The van der Waals surface area contributed by atoms with E-state index in [-0.39, 0.29) is 0 Å². The van der Waals surface area contributed by atoms with Gasteiger partial charge in [-0.15, -0.1) is 0 Å². The average Bonchev–Trinajstić information content (AvgIpc) is 2.93. The van der Waals surface area contributed by atoms with Crippen LogP contribution in [0.25, 0.3) is 0 Å². The van der Waals surface area contributed by atoms with E-state index < -0.39 is 0 Å². The van der Waals surface area contributed by atoms with E-state index in [9.17, 15) is 0 Å². The summed E-state index contributed by atoms with van der Waals surface area (Å²) in [5.74, 6) is 3.81. The summed E-state index contributed by atoms with van der Waals surface area (Å²) in [6.45, 7) is 2.27. The third-order valence-electron chi connectivity index (χ3n) is 6.96. The van der Waals surface area contributed by atoms with Gasteiger partial charge in [-0.25, -0.2) is 0 Å². The summed E-state index contributed by atoms with van der Waals surface area (Å²) in [7, 11) is 0. The van der Waals surface area contributed by atoms with Crippen LogP contribution in [0.4, 0.5) is 0 Å². The fourth-order valence-electron chi connectivity index (χ4n) is 5.76. The van der Waals surface area contributed by atoms with Gasteiger partial charge < -0.3 is 5.32 Å². The molecule has 0 aromatic carbocycles. The van der Waals surface area contributed by atoms with Crippen molar-refractivity contribution in [3.63, 3.8) is 0 Å². The monoisotopic (exact) mass is 285 g/mol. The first-order valence-corrected chi connectivity index (χ1v) is 9.48. The highest BCUT2D eigenvalue weighted by atomic mass is 15.0. The minimum absolute atomic E-state index is 0.837. The van der Waals surface area contributed by atoms with Gasteiger partial charge in [-0.05, 0) is 68.6 Å². The van der Waals surface area contributed by atoms with E-state index in [0.717, 1.165) is 35.8 Å². The lowest BCUT2D eigenvalue weighted by molar-refractivity contribution is 0.162. The number of rotatable bonds is 2. The van der Waals surface area contributed by atoms with E-state index >= 15 is 0 Å². The van der Waals surface area contributed by atoms with Crippen LogP contribution in [0.5, 0.6) is 0 Å². The van der Waals surface area contributed by atoms with Gasteiger partial charge in [0.1, 0.15) is 0 Å². The molecule has 1 saturated heterocycles. The second kappa shape index (κ2) is 5.91. The van der Waals surface area contributed by atoms with Gasteiger partial charge in [-0.2, -0.15) is 0 Å². The van der Waals surface area contributed by atoms with E-state index in [4.69, 9.17) is 0 Å². The van der Waals surface area contributed by atoms with Crippen LogP contribution in [0.3, 0.4) is 0 Å². The Morgan fingerprint density at radius 1 is 1.05 bits per heavy atom. The number of hydrogen-bond acceptors (Lipinski definition) is 1. The van der Waals surface area contributed by atoms with Crippen molar-refractivity contribution in [3.05, 3.63) is 23.8 Å². The summed E-state index contributed by atoms with van der Waals surface area (Å²) in [5, 5.41) is 4.00. The molecular weight excluding hydrogens is 254 g/mol. The molecule has 0 bridgehead atoms. The number of hydrogen-bond donors (Lipinski definition) is 1. The van der Waals surface area contributed by atoms with Gasteiger partial charge in [0, 0.05) is 12.1 Å². The predicted molar refractivity (Wildman–Crippen MR) is 89.1 cm³/mol. The van der Waals surface area contributed by atoms with Gasteiger partial charge in [0.15, 0.2) is 0 Å². The fraction of sp³-hybridized carbons (Fsp3) is 0.800. The molecule has 0 aromatic heterocycles. The molecule has 0 spiro atoms. The molecule has 0 amide bonds. The van der Waals surface area contributed by atoms with E-state index in [1.54, 1.807) is 5.57 Å². The minimum Gasteiger partial charge on any atom is -0.311 e. The van der Waals surface area contributed by atoms with Gasteiger partial charge in [0.25, 0.3) is 0 Å². The second-order valence-electron chi connectivity index (χ2n) is 7.96. The van der Waals surface area contributed by atoms with E-state index in [1.165, 1.54) is 57.8 Å². The molecule has 1 heteroatoms.